The Balaban J connectivity index is 1.11. The summed E-state index contributed by atoms with van der Waals surface area (Å²) in [6.45, 7) is 1.60. The van der Waals surface area contributed by atoms with Crippen molar-refractivity contribution in [1.29, 1.82) is 0 Å². The second-order valence-electron chi connectivity index (χ2n) is 10.7. The number of rotatable bonds is 14. The number of anilines is 1. The van der Waals surface area contributed by atoms with Crippen LogP contribution < -0.4 is 15.7 Å². The van der Waals surface area contributed by atoms with Gasteiger partial charge in [-0.05, 0) is 90.2 Å². The van der Waals surface area contributed by atoms with Crippen LogP contribution in [0.4, 0.5) is 5.69 Å². The van der Waals surface area contributed by atoms with E-state index in [2.05, 4.69) is 25.4 Å². The molecule has 0 amide bonds. The van der Waals surface area contributed by atoms with Crippen LogP contribution in [0.3, 0.4) is 0 Å². The number of aliphatic hydroxyl groups is 1. The molecule has 1 aliphatic rings. The fraction of sp³-hybridized carbons (Fsp3) is 0.400. The van der Waals surface area contributed by atoms with Gasteiger partial charge < -0.3 is 10.4 Å². The first-order chi connectivity index (χ1) is 20.4. The lowest BCUT2D eigenvalue weighted by atomic mass is 10.0. The van der Waals surface area contributed by atoms with E-state index in [0.29, 0.717) is 31.0 Å². The molecule has 0 aliphatic heterocycles. The average molecular weight is 592 g/mol. The average Bonchev–Trinajstić information content (AvgIpc) is 3.66. The van der Waals surface area contributed by atoms with Gasteiger partial charge in [-0.15, -0.1) is 0 Å². The molecule has 5 rings (SSSR count). The highest BCUT2D eigenvalue weighted by atomic mass is 32.2. The van der Waals surface area contributed by atoms with Crippen molar-refractivity contribution in [3.63, 3.8) is 0 Å². The molecule has 3 N–H and O–H groups in total. The molecule has 11 nitrogen and oxygen atoms in total. The summed E-state index contributed by atoms with van der Waals surface area (Å²) in [6, 6.07) is 16.8. The molecule has 2 aromatic heterocycles. The van der Waals surface area contributed by atoms with E-state index >= 15 is 0 Å². The van der Waals surface area contributed by atoms with Crippen LogP contribution in [0.5, 0.6) is 0 Å². The Hall–Kier alpha value is -3.87. The maximum Gasteiger partial charge on any atom is 0.368 e. The Morgan fingerprint density at radius 1 is 1.00 bits per heavy atom. The second kappa shape index (κ2) is 13.9. The smallest absolute Gasteiger partial charge is 0.368 e. The summed E-state index contributed by atoms with van der Waals surface area (Å²) in [5.41, 5.74) is 2.35. The number of pyridine rings is 1. The standard InChI is InChI=1S/C30H37N7O4S/c38-29(25-8-3-18-31-21-25)22-32-19-17-24-9-11-26(12-10-24)33-42(40,41)28-15-13-27(14-16-28)37-30(39)36(34-35-37)20-4-7-23-5-1-2-6-23/h3,8-16,18,21,23,29,32-33,38H,1-2,4-7,17,19-20,22H2/t29-/m0/s1. The van der Waals surface area contributed by atoms with E-state index in [0.717, 1.165) is 36.3 Å². The monoisotopic (exact) mass is 591 g/mol. The van der Waals surface area contributed by atoms with Crippen LogP contribution in [0, 0.1) is 5.92 Å². The van der Waals surface area contributed by atoms with E-state index in [-0.39, 0.29) is 10.6 Å². The Bertz CT molecular complexity index is 1580. The second-order valence-corrected chi connectivity index (χ2v) is 12.4. The predicted octanol–water partition coefficient (Wildman–Crippen LogP) is 3.46. The maximum absolute atomic E-state index is 13.0. The van der Waals surface area contributed by atoms with Crippen LogP contribution in [0.25, 0.3) is 5.69 Å². The Morgan fingerprint density at radius 2 is 1.76 bits per heavy atom. The molecule has 0 radical (unpaired) electrons. The van der Waals surface area contributed by atoms with Crippen molar-refractivity contribution in [2.75, 3.05) is 17.8 Å². The number of hydrogen-bond donors (Lipinski definition) is 3. The molecule has 0 bridgehead atoms. The van der Waals surface area contributed by atoms with Crippen molar-refractivity contribution in [2.45, 2.75) is 62.5 Å². The SMILES string of the molecule is O=c1n(CCCC2CCCC2)nnn1-c1ccc(S(=O)(=O)Nc2ccc(CCNC[C@H](O)c3cccnc3)cc2)cc1. The first kappa shape index (κ1) is 29.6. The lowest BCUT2D eigenvalue weighted by Crippen LogP contribution is -2.24. The van der Waals surface area contributed by atoms with Crippen molar-refractivity contribution in [3.8, 4) is 5.69 Å². The normalized spacial score (nSPS) is 14.7. The van der Waals surface area contributed by atoms with Crippen molar-refractivity contribution >= 4 is 15.7 Å². The number of nitrogens with one attached hydrogen (secondary N) is 2. The van der Waals surface area contributed by atoms with Crippen LogP contribution in [-0.2, 0) is 23.0 Å². The third-order valence-corrected chi connectivity index (χ3v) is 9.09. The van der Waals surface area contributed by atoms with Gasteiger partial charge >= 0.3 is 5.69 Å². The van der Waals surface area contributed by atoms with Crippen LogP contribution >= 0.6 is 0 Å². The molecular weight excluding hydrogens is 554 g/mol. The third-order valence-electron chi connectivity index (χ3n) is 7.69. The highest BCUT2D eigenvalue weighted by Gasteiger charge is 2.17. The van der Waals surface area contributed by atoms with Gasteiger partial charge in [-0.2, -0.15) is 9.36 Å². The van der Waals surface area contributed by atoms with Crippen LogP contribution in [-0.4, -0.2) is 51.4 Å². The van der Waals surface area contributed by atoms with Gasteiger partial charge in [-0.1, -0.05) is 43.9 Å². The van der Waals surface area contributed by atoms with Gasteiger partial charge in [0.15, 0.2) is 0 Å². The van der Waals surface area contributed by atoms with E-state index in [4.69, 9.17) is 0 Å². The number of sulfonamides is 1. The molecule has 222 valence electrons. The number of nitrogens with zero attached hydrogens (tertiary/aromatic N) is 5. The van der Waals surface area contributed by atoms with Crippen molar-refractivity contribution in [1.82, 2.24) is 30.1 Å². The Morgan fingerprint density at radius 3 is 2.48 bits per heavy atom. The molecule has 0 spiro atoms. The topological polar surface area (TPSA) is 144 Å². The maximum atomic E-state index is 13.0. The molecule has 0 saturated heterocycles. The van der Waals surface area contributed by atoms with Crippen LogP contribution in [0.2, 0.25) is 0 Å². The minimum atomic E-state index is -3.83. The van der Waals surface area contributed by atoms with Crippen molar-refractivity contribution in [2.24, 2.45) is 5.92 Å². The number of aromatic nitrogens is 5. The van der Waals surface area contributed by atoms with Gasteiger partial charge in [-0.3, -0.25) is 9.71 Å². The zero-order chi connectivity index (χ0) is 29.4. The van der Waals surface area contributed by atoms with Gasteiger partial charge in [0.05, 0.1) is 16.7 Å². The minimum absolute atomic E-state index is 0.0729. The van der Waals surface area contributed by atoms with Crippen molar-refractivity contribution < 1.29 is 13.5 Å². The molecule has 12 heteroatoms. The molecule has 1 atom stereocenters. The summed E-state index contributed by atoms with van der Waals surface area (Å²) in [5, 5.41) is 21.4. The first-order valence-corrected chi connectivity index (χ1v) is 15.9. The molecule has 2 heterocycles. The molecular formula is C30H37N7O4S. The van der Waals surface area contributed by atoms with E-state index in [9.17, 15) is 18.3 Å². The molecule has 4 aromatic rings. The zero-order valence-electron chi connectivity index (χ0n) is 23.5. The molecule has 1 saturated carbocycles. The van der Waals surface area contributed by atoms with Gasteiger partial charge in [0.1, 0.15) is 0 Å². The molecule has 1 fully saturated rings. The van der Waals surface area contributed by atoms with E-state index < -0.39 is 16.1 Å². The minimum Gasteiger partial charge on any atom is -0.387 e. The Kier molecular flexibility index (Phi) is 9.78. The van der Waals surface area contributed by atoms with E-state index in [1.54, 1.807) is 42.7 Å². The lowest BCUT2D eigenvalue weighted by molar-refractivity contribution is 0.174. The quantitative estimate of drug-likeness (QED) is 0.189. The van der Waals surface area contributed by atoms with Gasteiger partial charge in [0, 0.05) is 36.7 Å². The van der Waals surface area contributed by atoms with Gasteiger partial charge in [0.25, 0.3) is 10.0 Å². The molecule has 0 unspecified atom stereocenters. The predicted molar refractivity (Wildman–Crippen MR) is 160 cm³/mol. The Labute approximate surface area is 245 Å². The highest BCUT2D eigenvalue weighted by Crippen LogP contribution is 2.28. The fourth-order valence-corrected chi connectivity index (χ4v) is 6.35. The summed E-state index contributed by atoms with van der Waals surface area (Å²) >= 11 is 0. The van der Waals surface area contributed by atoms with Gasteiger partial charge in [0.2, 0.25) is 0 Å². The summed E-state index contributed by atoms with van der Waals surface area (Å²) in [7, 11) is -3.83. The van der Waals surface area contributed by atoms with Crippen LogP contribution in [0.15, 0.2) is 82.7 Å². The van der Waals surface area contributed by atoms with E-state index in [1.165, 1.54) is 47.2 Å². The summed E-state index contributed by atoms with van der Waals surface area (Å²) in [6.07, 6.45) is 10.5. The number of benzene rings is 2. The fourth-order valence-electron chi connectivity index (χ4n) is 5.29. The van der Waals surface area contributed by atoms with Crippen molar-refractivity contribution in [3.05, 3.63) is 94.7 Å². The third kappa shape index (κ3) is 7.69. The molecule has 42 heavy (non-hydrogen) atoms. The number of hydrogen-bond acceptors (Lipinski definition) is 8. The first-order valence-electron chi connectivity index (χ1n) is 14.4. The van der Waals surface area contributed by atoms with Gasteiger partial charge in [-0.25, -0.2) is 13.2 Å². The molecule has 1 aliphatic carbocycles. The largest absolute Gasteiger partial charge is 0.387 e. The number of aliphatic hydroxyl groups excluding tert-OH is 1. The summed E-state index contributed by atoms with van der Waals surface area (Å²) < 4.78 is 31.1. The number of tetrazole rings is 1. The summed E-state index contributed by atoms with van der Waals surface area (Å²) in [4.78, 5) is 16.9. The van der Waals surface area contributed by atoms with E-state index in [1.807, 2.05) is 18.2 Å². The summed E-state index contributed by atoms with van der Waals surface area (Å²) in [5.74, 6) is 0.753. The number of aryl methyl sites for hydroxylation is 1. The zero-order valence-corrected chi connectivity index (χ0v) is 24.3. The highest BCUT2D eigenvalue weighted by molar-refractivity contribution is 7.92. The van der Waals surface area contributed by atoms with Crippen LogP contribution in [0.1, 0.15) is 55.8 Å². The lowest BCUT2D eigenvalue weighted by Gasteiger charge is -2.12. The molecule has 2 aromatic carbocycles.